The molecule has 0 aromatic heterocycles. The van der Waals surface area contributed by atoms with E-state index in [0.717, 1.165) is 16.7 Å². The van der Waals surface area contributed by atoms with Gasteiger partial charge in [0.25, 0.3) is 5.91 Å². The third-order valence-corrected chi connectivity index (χ3v) is 6.63. The van der Waals surface area contributed by atoms with Gasteiger partial charge in [-0.1, -0.05) is 65.7 Å². The van der Waals surface area contributed by atoms with Crippen LogP contribution < -0.4 is 10.1 Å². The number of aliphatic imine (C=N–C) groups is 1. The molecule has 0 fully saturated rings. The number of carbonyl (C=O) groups excluding carboxylic acids is 1. The van der Waals surface area contributed by atoms with Gasteiger partial charge in [-0.05, 0) is 47.5 Å². The van der Waals surface area contributed by atoms with Crippen molar-refractivity contribution >= 4 is 35.0 Å². The van der Waals surface area contributed by atoms with Crippen molar-refractivity contribution in [3.8, 4) is 5.75 Å². The first-order chi connectivity index (χ1) is 18.0. The van der Waals surface area contributed by atoms with Gasteiger partial charge in [0.15, 0.2) is 11.6 Å². The maximum atomic E-state index is 13.8. The molecular formula is C29H28Cl2N2O4. The average molecular weight is 539 g/mol. The number of aliphatic hydroxyl groups is 1. The minimum atomic E-state index is -1.27. The standard InChI is InChI=1S/C29H28Cl2N2O4/c1-2-15-29(28(35)32-19-22-9-12-23(30)18-25(22)31)26(20-7-4-3-5-8-20)37-27(33-29)21-10-13-24(14-11-21)36-17-6-16-34/h2-5,7-14,18,26,34H,1,6,15-17,19H2,(H,32,35)/t26-,29-/m1/s1. The monoisotopic (exact) mass is 538 g/mol. The van der Waals surface area contributed by atoms with Gasteiger partial charge in [0.05, 0.1) is 6.61 Å². The van der Waals surface area contributed by atoms with Gasteiger partial charge in [0.1, 0.15) is 5.75 Å². The Labute approximate surface area is 226 Å². The SMILES string of the molecule is C=CC[C@@]1(C(=O)NCc2ccc(Cl)cc2Cl)N=C(c2ccc(OCCCO)cc2)O[C@@H]1c1ccccc1. The predicted octanol–water partition coefficient (Wildman–Crippen LogP) is 5.90. The molecule has 6 nitrogen and oxygen atoms in total. The Hall–Kier alpha value is -3.32. The van der Waals surface area contributed by atoms with E-state index in [4.69, 9.17) is 42.8 Å². The van der Waals surface area contributed by atoms with Crippen molar-refractivity contribution in [2.45, 2.75) is 31.0 Å². The zero-order valence-corrected chi connectivity index (χ0v) is 21.7. The third-order valence-electron chi connectivity index (χ3n) is 6.04. The summed E-state index contributed by atoms with van der Waals surface area (Å²) >= 11 is 12.3. The molecule has 1 aliphatic heterocycles. The van der Waals surface area contributed by atoms with Crippen molar-refractivity contribution in [3.63, 3.8) is 0 Å². The summed E-state index contributed by atoms with van der Waals surface area (Å²) < 4.78 is 12.0. The summed E-state index contributed by atoms with van der Waals surface area (Å²) in [5, 5.41) is 12.9. The maximum absolute atomic E-state index is 13.8. The van der Waals surface area contributed by atoms with Crippen molar-refractivity contribution in [1.82, 2.24) is 5.32 Å². The number of nitrogens with zero attached hydrogens (tertiary/aromatic N) is 1. The van der Waals surface area contributed by atoms with Crippen molar-refractivity contribution in [3.05, 3.63) is 112 Å². The Bertz CT molecular complexity index is 1260. The molecule has 37 heavy (non-hydrogen) atoms. The second kappa shape index (κ2) is 12.3. The van der Waals surface area contributed by atoms with Crippen LogP contribution in [0.2, 0.25) is 10.0 Å². The molecule has 0 radical (unpaired) electrons. The van der Waals surface area contributed by atoms with Crippen LogP contribution in [-0.2, 0) is 16.1 Å². The highest BCUT2D eigenvalue weighted by Crippen LogP contribution is 2.42. The van der Waals surface area contributed by atoms with E-state index < -0.39 is 11.6 Å². The molecule has 2 atom stereocenters. The first-order valence-electron chi connectivity index (χ1n) is 12.0. The quantitative estimate of drug-likeness (QED) is 0.235. The predicted molar refractivity (Wildman–Crippen MR) is 146 cm³/mol. The molecule has 3 aromatic carbocycles. The van der Waals surface area contributed by atoms with E-state index in [2.05, 4.69) is 11.9 Å². The lowest BCUT2D eigenvalue weighted by Crippen LogP contribution is -2.47. The minimum absolute atomic E-state index is 0.0707. The van der Waals surface area contributed by atoms with E-state index >= 15 is 0 Å². The molecule has 0 bridgehead atoms. The van der Waals surface area contributed by atoms with Gasteiger partial charge in [-0.25, -0.2) is 4.99 Å². The van der Waals surface area contributed by atoms with Crippen LogP contribution in [-0.4, -0.2) is 35.7 Å². The van der Waals surface area contributed by atoms with Gasteiger partial charge in [-0.3, -0.25) is 4.79 Å². The van der Waals surface area contributed by atoms with Gasteiger partial charge in [-0.2, -0.15) is 0 Å². The molecule has 8 heteroatoms. The number of hydrogen-bond donors (Lipinski definition) is 2. The number of ether oxygens (including phenoxy) is 2. The van der Waals surface area contributed by atoms with Crippen LogP contribution in [0.1, 0.15) is 35.6 Å². The number of halogens is 2. The zero-order valence-electron chi connectivity index (χ0n) is 20.2. The number of carbonyl (C=O) groups is 1. The lowest BCUT2D eigenvalue weighted by molar-refractivity contribution is -0.129. The molecule has 0 aliphatic carbocycles. The van der Waals surface area contributed by atoms with Crippen LogP contribution >= 0.6 is 23.2 Å². The molecule has 192 valence electrons. The van der Waals surface area contributed by atoms with Crippen LogP contribution in [0, 0.1) is 0 Å². The molecule has 1 aliphatic rings. The number of benzene rings is 3. The highest BCUT2D eigenvalue weighted by molar-refractivity contribution is 6.35. The number of nitrogens with one attached hydrogen (secondary N) is 1. The van der Waals surface area contributed by atoms with Crippen LogP contribution in [0.5, 0.6) is 5.75 Å². The highest BCUT2D eigenvalue weighted by atomic mass is 35.5. The molecule has 3 aromatic rings. The fourth-order valence-corrected chi connectivity index (χ4v) is 4.63. The van der Waals surface area contributed by atoms with Crippen molar-refractivity contribution in [2.75, 3.05) is 13.2 Å². The molecule has 4 rings (SSSR count). The Morgan fingerprint density at radius 3 is 2.57 bits per heavy atom. The average Bonchev–Trinajstić information content (AvgIpc) is 3.30. The van der Waals surface area contributed by atoms with Gasteiger partial charge in [0.2, 0.25) is 5.90 Å². The van der Waals surface area contributed by atoms with E-state index in [1.807, 2.05) is 54.6 Å². The normalized spacial score (nSPS) is 18.6. The van der Waals surface area contributed by atoms with Gasteiger partial charge >= 0.3 is 0 Å². The smallest absolute Gasteiger partial charge is 0.252 e. The van der Waals surface area contributed by atoms with E-state index in [1.165, 1.54) is 0 Å². The van der Waals surface area contributed by atoms with Crippen LogP contribution in [0.15, 0.2) is 90.4 Å². The summed E-state index contributed by atoms with van der Waals surface area (Å²) in [4.78, 5) is 18.7. The summed E-state index contributed by atoms with van der Waals surface area (Å²) in [5.41, 5.74) is 1.01. The van der Waals surface area contributed by atoms with E-state index in [9.17, 15) is 4.79 Å². The third kappa shape index (κ3) is 6.16. The fraction of sp³-hybridized carbons (Fsp3) is 0.241. The first-order valence-corrected chi connectivity index (χ1v) is 12.7. The molecule has 1 heterocycles. The number of amides is 1. The summed E-state index contributed by atoms with van der Waals surface area (Å²) in [5.74, 6) is 0.730. The molecule has 1 amide bonds. The number of rotatable bonds is 11. The van der Waals surface area contributed by atoms with Gasteiger partial charge in [0, 0.05) is 41.6 Å². The topological polar surface area (TPSA) is 80.2 Å². The van der Waals surface area contributed by atoms with Gasteiger partial charge < -0.3 is 19.9 Å². The highest BCUT2D eigenvalue weighted by Gasteiger charge is 2.52. The Morgan fingerprint density at radius 2 is 1.89 bits per heavy atom. The first kappa shape index (κ1) is 26.7. The summed E-state index contributed by atoms with van der Waals surface area (Å²) in [6.45, 7) is 4.59. The Balaban J connectivity index is 1.65. The van der Waals surface area contributed by atoms with Crippen molar-refractivity contribution in [1.29, 1.82) is 0 Å². The lowest BCUT2D eigenvalue weighted by atomic mass is 9.84. The lowest BCUT2D eigenvalue weighted by Gasteiger charge is -2.29. The van der Waals surface area contributed by atoms with Gasteiger partial charge in [-0.15, -0.1) is 6.58 Å². The molecule has 0 spiro atoms. The Morgan fingerprint density at radius 1 is 1.14 bits per heavy atom. The molecule has 0 saturated heterocycles. The van der Waals surface area contributed by atoms with E-state index in [0.29, 0.717) is 34.7 Å². The number of hydrogen-bond acceptors (Lipinski definition) is 5. The zero-order chi connectivity index (χ0) is 26.3. The molecule has 0 unspecified atom stereocenters. The summed E-state index contributed by atoms with van der Waals surface area (Å²) in [7, 11) is 0. The largest absolute Gasteiger partial charge is 0.494 e. The van der Waals surface area contributed by atoms with Crippen LogP contribution in [0.25, 0.3) is 0 Å². The molecular weight excluding hydrogens is 511 g/mol. The second-order valence-electron chi connectivity index (χ2n) is 8.61. The van der Waals surface area contributed by atoms with E-state index in [1.54, 1.807) is 24.3 Å². The van der Waals surface area contributed by atoms with Crippen LogP contribution in [0.3, 0.4) is 0 Å². The summed E-state index contributed by atoms with van der Waals surface area (Å²) in [6, 6.07) is 22.0. The summed E-state index contributed by atoms with van der Waals surface area (Å²) in [6.07, 6.45) is 1.83. The Kier molecular flexibility index (Phi) is 8.87. The molecule has 0 saturated carbocycles. The van der Waals surface area contributed by atoms with E-state index in [-0.39, 0.29) is 25.5 Å². The minimum Gasteiger partial charge on any atom is -0.494 e. The fourth-order valence-electron chi connectivity index (χ4n) is 4.16. The van der Waals surface area contributed by atoms with Crippen molar-refractivity contribution in [2.24, 2.45) is 4.99 Å². The number of aliphatic hydroxyl groups excluding tert-OH is 1. The van der Waals surface area contributed by atoms with Crippen molar-refractivity contribution < 1.29 is 19.4 Å². The maximum Gasteiger partial charge on any atom is 0.252 e. The molecule has 2 N–H and O–H groups in total. The second-order valence-corrected chi connectivity index (χ2v) is 9.45. The van der Waals surface area contributed by atoms with Crippen LogP contribution in [0.4, 0.5) is 0 Å².